The van der Waals surface area contributed by atoms with E-state index in [1.54, 1.807) is 0 Å². The van der Waals surface area contributed by atoms with Crippen molar-refractivity contribution >= 4 is 23.1 Å². The lowest BCUT2D eigenvalue weighted by molar-refractivity contribution is -0.124. The Labute approximate surface area is 102 Å². The molecule has 0 bridgehead atoms. The second-order valence-corrected chi connectivity index (χ2v) is 5.02. The summed E-state index contributed by atoms with van der Waals surface area (Å²) in [5, 5.41) is 0. The highest BCUT2D eigenvalue weighted by molar-refractivity contribution is 7.80. The van der Waals surface area contributed by atoms with Crippen LogP contribution in [0.3, 0.4) is 0 Å². The number of thiocarbonyl (C=S) groups is 1. The molecule has 16 heavy (non-hydrogen) atoms. The first-order chi connectivity index (χ1) is 7.47. The highest BCUT2D eigenvalue weighted by Gasteiger charge is 2.33. The summed E-state index contributed by atoms with van der Waals surface area (Å²) in [6.45, 7) is 4.90. The van der Waals surface area contributed by atoms with E-state index in [4.69, 9.17) is 23.7 Å². The number of carbonyl (C=O) groups excluding carboxylic acids is 1. The van der Waals surface area contributed by atoms with Crippen LogP contribution in [0, 0.1) is 5.92 Å². The Balaban J connectivity index is 2.75. The zero-order chi connectivity index (χ0) is 12.3. The van der Waals surface area contributed by atoms with Crippen molar-refractivity contribution in [3.63, 3.8) is 0 Å². The van der Waals surface area contributed by atoms with Gasteiger partial charge in [-0.1, -0.05) is 19.1 Å². The number of nitrogens with zero attached hydrogens (tertiary/aromatic N) is 1. The minimum atomic E-state index is -0.213. The van der Waals surface area contributed by atoms with Crippen molar-refractivity contribution in [1.82, 2.24) is 4.90 Å². The highest BCUT2D eigenvalue weighted by atomic mass is 32.1. The van der Waals surface area contributed by atoms with Crippen LogP contribution >= 0.6 is 12.2 Å². The zero-order valence-electron chi connectivity index (χ0n) is 9.98. The number of amides is 1. The maximum absolute atomic E-state index is 11.2. The number of nitrogens with two attached hydrogens (primary N) is 2. The molecular weight excluding hydrogens is 222 g/mol. The molecule has 0 spiro atoms. The summed E-state index contributed by atoms with van der Waals surface area (Å²) in [5.74, 6) is -0.269. The molecule has 3 unspecified atom stereocenters. The molecule has 3 atom stereocenters. The lowest BCUT2D eigenvalue weighted by Gasteiger charge is -2.41. The third-order valence-corrected chi connectivity index (χ3v) is 3.72. The third-order valence-electron chi connectivity index (χ3n) is 3.45. The summed E-state index contributed by atoms with van der Waals surface area (Å²) in [7, 11) is 0. The van der Waals surface area contributed by atoms with E-state index in [0.717, 1.165) is 19.3 Å². The second-order valence-electron chi connectivity index (χ2n) is 4.55. The molecule has 1 heterocycles. The lowest BCUT2D eigenvalue weighted by atomic mass is 9.91. The average Bonchev–Trinajstić information content (AvgIpc) is 2.20. The Morgan fingerprint density at radius 3 is 2.56 bits per heavy atom. The quantitative estimate of drug-likeness (QED) is 0.711. The summed E-state index contributed by atoms with van der Waals surface area (Å²) in [6, 6.07) is 0.509. The molecule has 1 fully saturated rings. The molecule has 92 valence electrons. The normalized spacial score (nSPS) is 28.6. The van der Waals surface area contributed by atoms with E-state index in [2.05, 4.69) is 18.7 Å². The minimum absolute atomic E-state index is 0.0559. The van der Waals surface area contributed by atoms with E-state index in [1.807, 2.05) is 0 Å². The number of piperidine rings is 1. The monoisotopic (exact) mass is 243 g/mol. The summed E-state index contributed by atoms with van der Waals surface area (Å²) in [5.41, 5.74) is 11.1. The van der Waals surface area contributed by atoms with Crippen LogP contribution in [0.5, 0.6) is 0 Å². The van der Waals surface area contributed by atoms with E-state index in [1.165, 1.54) is 0 Å². The van der Waals surface area contributed by atoms with Crippen LogP contribution in [0.4, 0.5) is 0 Å². The van der Waals surface area contributed by atoms with Crippen LogP contribution in [-0.4, -0.2) is 34.4 Å². The van der Waals surface area contributed by atoms with Gasteiger partial charge >= 0.3 is 0 Å². The number of hydrogen-bond acceptors (Lipinski definition) is 3. The van der Waals surface area contributed by atoms with Crippen LogP contribution in [0.2, 0.25) is 0 Å². The van der Waals surface area contributed by atoms with Gasteiger partial charge in [-0.3, -0.25) is 9.69 Å². The fourth-order valence-electron chi connectivity index (χ4n) is 2.40. The van der Waals surface area contributed by atoms with Crippen molar-refractivity contribution in [3.05, 3.63) is 0 Å². The van der Waals surface area contributed by atoms with Crippen molar-refractivity contribution in [2.75, 3.05) is 6.54 Å². The number of hydrogen-bond donors (Lipinski definition) is 2. The molecule has 1 saturated heterocycles. The van der Waals surface area contributed by atoms with Gasteiger partial charge in [-0.2, -0.15) is 0 Å². The van der Waals surface area contributed by atoms with Gasteiger partial charge in [0.2, 0.25) is 5.91 Å². The van der Waals surface area contributed by atoms with Gasteiger partial charge in [-0.15, -0.1) is 0 Å². The number of carbonyl (C=O) groups is 1. The minimum Gasteiger partial charge on any atom is -0.392 e. The van der Waals surface area contributed by atoms with Gasteiger partial charge in [0.15, 0.2) is 0 Å². The smallest absolute Gasteiger partial charge is 0.221 e. The molecular formula is C11H21N3OS. The number of primary amides is 1. The largest absolute Gasteiger partial charge is 0.392 e. The topological polar surface area (TPSA) is 72.3 Å². The predicted octanol–water partition coefficient (Wildman–Crippen LogP) is 0.637. The van der Waals surface area contributed by atoms with Crippen molar-refractivity contribution < 1.29 is 4.79 Å². The van der Waals surface area contributed by atoms with Crippen LogP contribution in [0.1, 0.15) is 33.1 Å². The molecule has 0 radical (unpaired) electrons. The Kier molecular flexibility index (Phi) is 4.68. The predicted molar refractivity (Wildman–Crippen MR) is 69.0 cm³/mol. The first-order valence-corrected chi connectivity index (χ1v) is 6.22. The van der Waals surface area contributed by atoms with Gasteiger partial charge in [0, 0.05) is 12.6 Å². The molecule has 0 aromatic rings. The molecule has 0 aliphatic carbocycles. The SMILES string of the molecule is CCC(C(N)=S)N1CC(C(N)=O)CCC1C. The van der Waals surface area contributed by atoms with Crippen molar-refractivity contribution in [1.29, 1.82) is 0 Å². The molecule has 0 aromatic heterocycles. The van der Waals surface area contributed by atoms with E-state index in [0.29, 0.717) is 17.6 Å². The van der Waals surface area contributed by atoms with Gasteiger partial charge < -0.3 is 11.5 Å². The second kappa shape index (κ2) is 5.59. The van der Waals surface area contributed by atoms with Crippen molar-refractivity contribution in [3.8, 4) is 0 Å². The van der Waals surface area contributed by atoms with Gasteiger partial charge in [0.05, 0.1) is 16.9 Å². The van der Waals surface area contributed by atoms with E-state index < -0.39 is 0 Å². The van der Waals surface area contributed by atoms with Crippen LogP contribution in [0.15, 0.2) is 0 Å². The number of rotatable bonds is 4. The molecule has 1 aliphatic rings. The zero-order valence-corrected chi connectivity index (χ0v) is 10.8. The van der Waals surface area contributed by atoms with Gasteiger partial charge in [0.1, 0.15) is 0 Å². The Morgan fingerprint density at radius 2 is 2.12 bits per heavy atom. The maximum atomic E-state index is 11.2. The van der Waals surface area contributed by atoms with Crippen LogP contribution < -0.4 is 11.5 Å². The average molecular weight is 243 g/mol. The van der Waals surface area contributed by atoms with Crippen molar-refractivity contribution in [2.45, 2.75) is 45.2 Å². The molecule has 1 amide bonds. The van der Waals surface area contributed by atoms with E-state index >= 15 is 0 Å². The fraction of sp³-hybridized carbons (Fsp3) is 0.818. The first-order valence-electron chi connectivity index (χ1n) is 5.81. The van der Waals surface area contributed by atoms with Crippen LogP contribution in [-0.2, 0) is 4.79 Å². The maximum Gasteiger partial charge on any atom is 0.221 e. The van der Waals surface area contributed by atoms with E-state index in [-0.39, 0.29) is 17.9 Å². The lowest BCUT2D eigenvalue weighted by Crippen LogP contribution is -2.54. The Morgan fingerprint density at radius 1 is 1.50 bits per heavy atom. The molecule has 1 aliphatic heterocycles. The molecule has 4 nitrogen and oxygen atoms in total. The summed E-state index contributed by atoms with van der Waals surface area (Å²) >= 11 is 5.07. The molecule has 1 rings (SSSR count). The molecule has 4 N–H and O–H groups in total. The van der Waals surface area contributed by atoms with Crippen molar-refractivity contribution in [2.24, 2.45) is 17.4 Å². The van der Waals surface area contributed by atoms with Crippen LogP contribution in [0.25, 0.3) is 0 Å². The Bertz CT molecular complexity index is 282. The number of likely N-dealkylation sites (tertiary alicyclic amines) is 1. The van der Waals surface area contributed by atoms with Gasteiger partial charge in [-0.25, -0.2) is 0 Å². The summed E-state index contributed by atoms with van der Waals surface area (Å²) in [6.07, 6.45) is 2.73. The summed E-state index contributed by atoms with van der Waals surface area (Å²) in [4.78, 5) is 14.0. The Hall–Kier alpha value is -0.680. The van der Waals surface area contributed by atoms with Gasteiger partial charge in [-0.05, 0) is 26.2 Å². The highest BCUT2D eigenvalue weighted by Crippen LogP contribution is 2.24. The third kappa shape index (κ3) is 2.92. The molecule has 0 aromatic carbocycles. The molecule has 0 saturated carbocycles. The summed E-state index contributed by atoms with van der Waals surface area (Å²) < 4.78 is 0. The van der Waals surface area contributed by atoms with E-state index in [9.17, 15) is 4.79 Å². The molecule has 5 heteroatoms. The first kappa shape index (κ1) is 13.4. The van der Waals surface area contributed by atoms with Gasteiger partial charge in [0.25, 0.3) is 0 Å². The standard InChI is InChI=1S/C11H21N3OS/c1-3-9(11(13)16)14-6-8(10(12)15)5-4-7(14)2/h7-9H,3-6H2,1-2H3,(H2,12,15)(H2,13,16). The fourth-order valence-corrected chi connectivity index (χ4v) is 2.70.